The zero-order valence-corrected chi connectivity index (χ0v) is 14.8. The van der Waals surface area contributed by atoms with Gasteiger partial charge >= 0.3 is 0 Å². The molecule has 0 radical (unpaired) electrons. The van der Waals surface area contributed by atoms with E-state index in [1.54, 1.807) is 0 Å². The Morgan fingerprint density at radius 1 is 1.29 bits per heavy atom. The number of aromatic nitrogens is 2. The third-order valence-corrected chi connectivity index (χ3v) is 4.62. The van der Waals surface area contributed by atoms with E-state index in [0.717, 1.165) is 11.1 Å². The summed E-state index contributed by atoms with van der Waals surface area (Å²) in [6.45, 7) is 6.03. The summed E-state index contributed by atoms with van der Waals surface area (Å²) in [5.41, 5.74) is 2.93. The van der Waals surface area contributed by atoms with Gasteiger partial charge in [-0.3, -0.25) is 4.79 Å². The van der Waals surface area contributed by atoms with Gasteiger partial charge < -0.3 is 14.9 Å². The van der Waals surface area contributed by atoms with Crippen LogP contribution >= 0.6 is 0 Å². The van der Waals surface area contributed by atoms with Gasteiger partial charge in [-0.15, -0.1) is 0 Å². The van der Waals surface area contributed by atoms with Crippen LogP contribution in [0.5, 0.6) is 0 Å². The number of carbonyl (C=O) groups is 1. The topological polar surface area (TPSA) is 49.8 Å². The second kappa shape index (κ2) is 6.19. The van der Waals surface area contributed by atoms with Crippen molar-refractivity contribution in [2.75, 3.05) is 0 Å². The SMILES string of the molecule is CC(NC(=O)C(C)(C)Cc1c[nH]c2ccccc12)c1ccn(C)c1. The lowest BCUT2D eigenvalue weighted by molar-refractivity contribution is -0.130. The molecular weight excluding hydrogens is 298 g/mol. The molecule has 1 amide bonds. The van der Waals surface area contributed by atoms with Crippen molar-refractivity contribution in [2.24, 2.45) is 12.5 Å². The van der Waals surface area contributed by atoms with Gasteiger partial charge in [-0.25, -0.2) is 0 Å². The highest BCUT2D eigenvalue weighted by molar-refractivity contribution is 5.86. The molecule has 0 aliphatic heterocycles. The van der Waals surface area contributed by atoms with Crippen LogP contribution in [-0.2, 0) is 18.3 Å². The molecule has 0 aliphatic rings. The van der Waals surface area contributed by atoms with Crippen molar-refractivity contribution in [1.29, 1.82) is 0 Å². The van der Waals surface area contributed by atoms with E-state index in [1.165, 1.54) is 10.9 Å². The van der Waals surface area contributed by atoms with Crippen molar-refractivity contribution in [1.82, 2.24) is 14.9 Å². The molecule has 0 saturated carbocycles. The second-order valence-electron chi connectivity index (χ2n) is 7.23. The van der Waals surface area contributed by atoms with Gasteiger partial charge in [0.15, 0.2) is 0 Å². The summed E-state index contributed by atoms with van der Waals surface area (Å²) < 4.78 is 2.00. The maximum Gasteiger partial charge on any atom is 0.226 e. The van der Waals surface area contributed by atoms with Crippen LogP contribution in [0.2, 0.25) is 0 Å². The van der Waals surface area contributed by atoms with Gasteiger partial charge in [0.1, 0.15) is 0 Å². The molecule has 3 aromatic rings. The Bertz CT molecular complexity index is 857. The highest BCUT2D eigenvalue weighted by Gasteiger charge is 2.30. The summed E-state index contributed by atoms with van der Waals surface area (Å²) >= 11 is 0. The molecule has 0 saturated heterocycles. The monoisotopic (exact) mass is 323 g/mol. The van der Waals surface area contributed by atoms with Crippen LogP contribution in [0.4, 0.5) is 0 Å². The Balaban J connectivity index is 1.73. The van der Waals surface area contributed by atoms with Gasteiger partial charge in [-0.1, -0.05) is 32.0 Å². The summed E-state index contributed by atoms with van der Waals surface area (Å²) in [4.78, 5) is 16.1. The van der Waals surface area contributed by atoms with Crippen molar-refractivity contribution >= 4 is 16.8 Å². The third kappa shape index (κ3) is 3.23. The summed E-state index contributed by atoms with van der Waals surface area (Å²) in [5, 5.41) is 4.34. The van der Waals surface area contributed by atoms with Crippen LogP contribution in [0.3, 0.4) is 0 Å². The Kier molecular flexibility index (Phi) is 4.22. The van der Waals surface area contributed by atoms with Crippen LogP contribution in [0.25, 0.3) is 10.9 Å². The third-order valence-electron chi connectivity index (χ3n) is 4.62. The lowest BCUT2D eigenvalue weighted by atomic mass is 9.84. The Morgan fingerprint density at radius 3 is 2.75 bits per heavy atom. The van der Waals surface area contributed by atoms with Gasteiger partial charge in [0.2, 0.25) is 5.91 Å². The maximum absolute atomic E-state index is 12.8. The average molecular weight is 323 g/mol. The molecule has 126 valence electrons. The van der Waals surface area contributed by atoms with Gasteiger partial charge in [-0.05, 0) is 36.6 Å². The molecule has 1 atom stereocenters. The molecular formula is C20H25N3O. The molecule has 24 heavy (non-hydrogen) atoms. The fourth-order valence-corrected chi connectivity index (χ4v) is 3.09. The Morgan fingerprint density at radius 2 is 2.04 bits per heavy atom. The van der Waals surface area contributed by atoms with E-state index in [4.69, 9.17) is 0 Å². The number of benzene rings is 1. The van der Waals surface area contributed by atoms with E-state index in [-0.39, 0.29) is 11.9 Å². The number of hydrogen-bond acceptors (Lipinski definition) is 1. The summed E-state index contributed by atoms with van der Waals surface area (Å²) in [6.07, 6.45) is 6.75. The minimum absolute atomic E-state index is 0.000874. The zero-order chi connectivity index (χ0) is 17.3. The zero-order valence-electron chi connectivity index (χ0n) is 14.8. The van der Waals surface area contributed by atoms with E-state index in [0.29, 0.717) is 6.42 Å². The Hall–Kier alpha value is -2.49. The predicted molar refractivity (Wildman–Crippen MR) is 97.8 cm³/mol. The molecule has 0 aliphatic carbocycles. The lowest BCUT2D eigenvalue weighted by Crippen LogP contribution is -2.39. The average Bonchev–Trinajstić information content (AvgIpc) is 3.14. The summed E-state index contributed by atoms with van der Waals surface area (Å²) in [6, 6.07) is 10.2. The molecule has 0 spiro atoms. The molecule has 2 heterocycles. The van der Waals surface area contributed by atoms with Crippen LogP contribution in [0.15, 0.2) is 48.9 Å². The van der Waals surface area contributed by atoms with E-state index in [1.807, 2.05) is 69.2 Å². The molecule has 4 nitrogen and oxygen atoms in total. The normalized spacial score (nSPS) is 13.2. The quantitative estimate of drug-likeness (QED) is 0.734. The highest BCUT2D eigenvalue weighted by Crippen LogP contribution is 2.28. The number of aryl methyl sites for hydroxylation is 1. The molecule has 0 bridgehead atoms. The van der Waals surface area contributed by atoms with Crippen molar-refractivity contribution in [3.63, 3.8) is 0 Å². The first kappa shape index (κ1) is 16.4. The second-order valence-corrected chi connectivity index (χ2v) is 7.23. The first-order valence-corrected chi connectivity index (χ1v) is 8.34. The van der Waals surface area contributed by atoms with Gasteiger partial charge in [0.25, 0.3) is 0 Å². The van der Waals surface area contributed by atoms with Crippen molar-refractivity contribution < 1.29 is 4.79 Å². The minimum Gasteiger partial charge on any atom is -0.361 e. The van der Waals surface area contributed by atoms with E-state index >= 15 is 0 Å². The maximum atomic E-state index is 12.8. The fraction of sp³-hybridized carbons (Fsp3) is 0.350. The van der Waals surface area contributed by atoms with Gasteiger partial charge in [0, 0.05) is 42.0 Å². The molecule has 2 aromatic heterocycles. The molecule has 1 unspecified atom stereocenters. The number of fused-ring (bicyclic) bond motifs is 1. The lowest BCUT2D eigenvalue weighted by Gasteiger charge is -2.25. The van der Waals surface area contributed by atoms with Gasteiger partial charge in [0.05, 0.1) is 6.04 Å². The number of nitrogens with zero attached hydrogens (tertiary/aromatic N) is 1. The van der Waals surface area contributed by atoms with Crippen LogP contribution in [-0.4, -0.2) is 15.5 Å². The number of carbonyl (C=O) groups excluding carboxylic acids is 1. The smallest absolute Gasteiger partial charge is 0.226 e. The number of aromatic amines is 1. The largest absolute Gasteiger partial charge is 0.361 e. The minimum atomic E-state index is -0.478. The molecule has 0 fully saturated rings. The number of amides is 1. The van der Waals surface area contributed by atoms with E-state index in [2.05, 4.69) is 22.4 Å². The molecule has 4 heteroatoms. The Labute approximate surface area is 142 Å². The van der Waals surface area contributed by atoms with Crippen molar-refractivity contribution in [3.05, 3.63) is 60.0 Å². The van der Waals surface area contributed by atoms with Crippen LogP contribution in [0.1, 0.15) is 37.9 Å². The fourth-order valence-electron chi connectivity index (χ4n) is 3.09. The summed E-state index contributed by atoms with van der Waals surface area (Å²) in [5.74, 6) is 0.0733. The number of rotatable bonds is 5. The van der Waals surface area contributed by atoms with Crippen molar-refractivity contribution in [3.8, 4) is 0 Å². The number of nitrogens with one attached hydrogen (secondary N) is 2. The van der Waals surface area contributed by atoms with E-state index < -0.39 is 5.41 Å². The number of H-pyrrole nitrogens is 1. The predicted octanol–water partition coefficient (Wildman–Crippen LogP) is 3.95. The standard InChI is InChI=1S/C20H25N3O/c1-14(15-9-10-23(4)13-15)22-19(24)20(2,3)11-16-12-21-18-8-6-5-7-17(16)18/h5-10,12-14,21H,11H2,1-4H3,(H,22,24). The van der Waals surface area contributed by atoms with Crippen molar-refractivity contribution in [2.45, 2.75) is 33.2 Å². The van der Waals surface area contributed by atoms with E-state index in [9.17, 15) is 4.79 Å². The van der Waals surface area contributed by atoms with Gasteiger partial charge in [-0.2, -0.15) is 0 Å². The first-order valence-electron chi connectivity index (χ1n) is 8.34. The molecule has 2 N–H and O–H groups in total. The number of para-hydroxylation sites is 1. The summed E-state index contributed by atoms with van der Waals surface area (Å²) in [7, 11) is 1.99. The molecule has 3 rings (SSSR count). The highest BCUT2D eigenvalue weighted by atomic mass is 16.2. The first-order chi connectivity index (χ1) is 11.4. The molecule has 1 aromatic carbocycles. The van der Waals surface area contributed by atoms with Crippen LogP contribution in [0, 0.1) is 5.41 Å². The number of hydrogen-bond donors (Lipinski definition) is 2. The van der Waals surface area contributed by atoms with Crippen LogP contribution < -0.4 is 5.32 Å².